The molecular weight excluding hydrogens is 282 g/mol. The second-order valence-electron chi connectivity index (χ2n) is 4.22. The summed E-state index contributed by atoms with van der Waals surface area (Å²) in [6, 6.07) is 3.00. The van der Waals surface area contributed by atoms with Gasteiger partial charge >= 0.3 is 5.97 Å². The molecule has 0 amide bonds. The van der Waals surface area contributed by atoms with Gasteiger partial charge in [-0.1, -0.05) is 0 Å². The topological polar surface area (TPSA) is 77.0 Å². The van der Waals surface area contributed by atoms with E-state index in [4.69, 9.17) is 19.3 Å². The fraction of sp³-hybridized carbons (Fsp3) is 0.462. The molecule has 110 valence electrons. The van der Waals surface area contributed by atoms with Gasteiger partial charge in [-0.15, -0.1) is 11.8 Å². The van der Waals surface area contributed by atoms with E-state index in [0.717, 1.165) is 5.56 Å². The monoisotopic (exact) mass is 299 g/mol. The highest BCUT2D eigenvalue weighted by Gasteiger charge is 2.32. The molecule has 1 heterocycles. The molecule has 20 heavy (non-hydrogen) atoms. The molecule has 1 aromatic carbocycles. The van der Waals surface area contributed by atoms with Crippen LogP contribution in [0, 0.1) is 0 Å². The lowest BCUT2D eigenvalue weighted by atomic mass is 10.1. The van der Waals surface area contributed by atoms with Crippen molar-refractivity contribution >= 4 is 17.7 Å². The van der Waals surface area contributed by atoms with Crippen LogP contribution < -0.4 is 19.5 Å². The molecule has 1 aliphatic rings. The first-order valence-corrected chi connectivity index (χ1v) is 7.06. The maximum Gasteiger partial charge on any atom is 0.321 e. The van der Waals surface area contributed by atoms with Crippen molar-refractivity contribution in [3.63, 3.8) is 0 Å². The molecule has 0 aliphatic carbocycles. The summed E-state index contributed by atoms with van der Waals surface area (Å²) in [4.78, 5) is 11.0. The number of nitrogens with one attached hydrogen (secondary N) is 1. The molecule has 2 rings (SSSR count). The molecule has 0 saturated carbocycles. The fourth-order valence-electron chi connectivity index (χ4n) is 2.05. The van der Waals surface area contributed by atoms with Crippen LogP contribution >= 0.6 is 11.8 Å². The molecule has 1 aliphatic heterocycles. The number of hydrogen-bond acceptors (Lipinski definition) is 6. The third-order valence-corrected chi connectivity index (χ3v) is 4.35. The van der Waals surface area contributed by atoms with Crippen molar-refractivity contribution in [2.45, 2.75) is 11.4 Å². The zero-order valence-corrected chi connectivity index (χ0v) is 12.3. The second kappa shape index (κ2) is 6.23. The Kier molecular flexibility index (Phi) is 4.61. The number of thioether (sulfide) groups is 1. The smallest absolute Gasteiger partial charge is 0.321 e. The van der Waals surface area contributed by atoms with E-state index in [2.05, 4.69) is 5.32 Å². The number of carboxylic acid groups (broad SMARTS) is 1. The van der Waals surface area contributed by atoms with Crippen LogP contribution in [0.3, 0.4) is 0 Å². The molecule has 0 radical (unpaired) electrons. The first-order chi connectivity index (χ1) is 9.60. The van der Waals surface area contributed by atoms with Gasteiger partial charge in [0.1, 0.15) is 11.8 Å². The summed E-state index contributed by atoms with van der Waals surface area (Å²) in [5.41, 5.74) is 0.846. The fourth-order valence-corrected chi connectivity index (χ4v) is 3.30. The Hall–Kier alpha value is -1.60. The van der Waals surface area contributed by atoms with E-state index in [9.17, 15) is 4.79 Å². The molecule has 6 nitrogen and oxygen atoms in total. The minimum absolute atomic E-state index is 0.147. The van der Waals surface area contributed by atoms with Crippen LogP contribution in [0.4, 0.5) is 0 Å². The molecule has 2 atom stereocenters. The Labute approximate surface area is 121 Å². The number of hydrogen-bond donors (Lipinski definition) is 2. The summed E-state index contributed by atoms with van der Waals surface area (Å²) < 4.78 is 15.9. The third-order valence-electron chi connectivity index (χ3n) is 3.10. The van der Waals surface area contributed by atoms with E-state index in [1.54, 1.807) is 27.4 Å². The van der Waals surface area contributed by atoms with Gasteiger partial charge in [0.25, 0.3) is 0 Å². The minimum atomic E-state index is -0.848. The molecule has 0 bridgehead atoms. The Morgan fingerprint density at radius 1 is 1.20 bits per heavy atom. The number of methoxy groups -OCH3 is 3. The van der Waals surface area contributed by atoms with Crippen LogP contribution in [0.15, 0.2) is 12.1 Å². The highest BCUT2D eigenvalue weighted by atomic mass is 32.2. The number of ether oxygens (including phenoxy) is 3. The van der Waals surface area contributed by atoms with Crippen molar-refractivity contribution in [1.29, 1.82) is 0 Å². The van der Waals surface area contributed by atoms with E-state index in [-0.39, 0.29) is 5.37 Å². The number of aliphatic carboxylic acids is 1. The zero-order valence-electron chi connectivity index (χ0n) is 11.5. The largest absolute Gasteiger partial charge is 0.496 e. The van der Waals surface area contributed by atoms with Gasteiger partial charge in [-0.3, -0.25) is 10.1 Å². The van der Waals surface area contributed by atoms with Gasteiger partial charge in [-0.2, -0.15) is 0 Å². The molecule has 1 fully saturated rings. The summed E-state index contributed by atoms with van der Waals surface area (Å²) >= 11 is 1.53. The van der Waals surface area contributed by atoms with Gasteiger partial charge in [0.2, 0.25) is 0 Å². The van der Waals surface area contributed by atoms with Crippen LogP contribution in [0.1, 0.15) is 10.9 Å². The van der Waals surface area contributed by atoms with Crippen molar-refractivity contribution in [3.8, 4) is 17.2 Å². The van der Waals surface area contributed by atoms with Crippen molar-refractivity contribution in [1.82, 2.24) is 5.32 Å². The van der Waals surface area contributed by atoms with Crippen molar-refractivity contribution in [3.05, 3.63) is 17.7 Å². The predicted molar refractivity (Wildman–Crippen MR) is 75.9 cm³/mol. The number of benzene rings is 1. The van der Waals surface area contributed by atoms with E-state index < -0.39 is 12.0 Å². The molecule has 2 N–H and O–H groups in total. The molecule has 0 unspecified atom stereocenters. The van der Waals surface area contributed by atoms with Gasteiger partial charge in [0.15, 0.2) is 11.5 Å². The van der Waals surface area contributed by atoms with E-state index >= 15 is 0 Å². The Bertz CT molecular complexity index is 508. The van der Waals surface area contributed by atoms with E-state index in [1.807, 2.05) is 6.07 Å². The predicted octanol–water partition coefficient (Wildman–Crippen LogP) is 1.50. The first kappa shape index (κ1) is 14.8. The van der Waals surface area contributed by atoms with E-state index in [0.29, 0.717) is 23.0 Å². The summed E-state index contributed by atoms with van der Waals surface area (Å²) in [5.74, 6) is 1.46. The minimum Gasteiger partial charge on any atom is -0.496 e. The number of rotatable bonds is 5. The maximum absolute atomic E-state index is 11.0. The average molecular weight is 299 g/mol. The number of carbonyl (C=O) groups is 1. The van der Waals surface area contributed by atoms with Crippen molar-refractivity contribution in [2.75, 3.05) is 27.1 Å². The normalized spacial score (nSPS) is 21.6. The lowest BCUT2D eigenvalue weighted by molar-refractivity contribution is -0.138. The molecule has 0 aromatic heterocycles. The van der Waals surface area contributed by atoms with Crippen molar-refractivity contribution < 1.29 is 24.1 Å². The van der Waals surface area contributed by atoms with Gasteiger partial charge in [-0.05, 0) is 6.07 Å². The van der Waals surface area contributed by atoms with Crippen LogP contribution in [0.5, 0.6) is 17.2 Å². The van der Waals surface area contributed by atoms with Gasteiger partial charge in [-0.25, -0.2) is 0 Å². The number of carboxylic acids is 1. The quantitative estimate of drug-likeness (QED) is 0.853. The zero-order chi connectivity index (χ0) is 14.7. The first-order valence-electron chi connectivity index (χ1n) is 6.01. The Balaban J connectivity index is 2.33. The molecule has 0 spiro atoms. The standard InChI is InChI=1S/C13H17NO5S/c1-17-9-5-11(19-3)10(18-2)4-7(9)12-14-8(6-20-12)13(15)16/h4-5,8,12,14H,6H2,1-3H3,(H,15,16)/t8-,12+/m0/s1. The lowest BCUT2D eigenvalue weighted by Crippen LogP contribution is -2.33. The molecular formula is C13H17NO5S. The third kappa shape index (κ3) is 2.78. The van der Waals surface area contributed by atoms with Gasteiger partial charge in [0.05, 0.1) is 26.7 Å². The van der Waals surface area contributed by atoms with Gasteiger partial charge < -0.3 is 19.3 Å². The van der Waals surface area contributed by atoms with Crippen LogP contribution in [0.25, 0.3) is 0 Å². The molecule has 7 heteroatoms. The van der Waals surface area contributed by atoms with Crippen molar-refractivity contribution in [2.24, 2.45) is 0 Å². The van der Waals surface area contributed by atoms with Gasteiger partial charge in [0, 0.05) is 17.4 Å². The van der Waals surface area contributed by atoms with Crippen LogP contribution in [0.2, 0.25) is 0 Å². The SMILES string of the molecule is COc1cc(OC)c([C@@H]2N[C@H](C(=O)O)CS2)cc1OC. The Morgan fingerprint density at radius 2 is 1.80 bits per heavy atom. The second-order valence-corrected chi connectivity index (χ2v) is 5.36. The molecule has 1 aromatic rings. The lowest BCUT2D eigenvalue weighted by Gasteiger charge is -2.18. The van der Waals surface area contributed by atoms with Crippen LogP contribution in [-0.2, 0) is 4.79 Å². The Morgan fingerprint density at radius 3 is 2.30 bits per heavy atom. The summed E-state index contributed by atoms with van der Waals surface area (Å²) in [7, 11) is 4.68. The van der Waals surface area contributed by atoms with E-state index in [1.165, 1.54) is 11.8 Å². The summed E-state index contributed by atoms with van der Waals surface area (Å²) in [5, 5.41) is 11.9. The molecule has 1 saturated heterocycles. The average Bonchev–Trinajstić information content (AvgIpc) is 2.95. The van der Waals surface area contributed by atoms with Crippen LogP contribution in [-0.4, -0.2) is 44.2 Å². The highest BCUT2D eigenvalue weighted by Crippen LogP contribution is 2.43. The summed E-state index contributed by atoms with van der Waals surface area (Å²) in [6.45, 7) is 0. The maximum atomic E-state index is 11.0. The highest BCUT2D eigenvalue weighted by molar-refractivity contribution is 7.99. The summed E-state index contributed by atoms with van der Waals surface area (Å²) in [6.07, 6.45) is 0.